The fourth-order valence-corrected chi connectivity index (χ4v) is 3.21. The maximum atomic E-state index is 10.4. The van der Waals surface area contributed by atoms with Crippen LogP contribution in [0.5, 0.6) is 0 Å². The van der Waals surface area contributed by atoms with Crippen molar-refractivity contribution < 1.29 is 40.1 Å². The molecular weight excluding hydrogens is 358 g/mol. The smallest absolute Gasteiger partial charge is 0.186 e. The Morgan fingerprint density at radius 2 is 1.80 bits per heavy atom. The summed E-state index contributed by atoms with van der Waals surface area (Å²) in [5, 5.41) is 62.5. The molecule has 146 valence electrons. The minimum Gasteiger partial charge on any atom is -0.392 e. The summed E-state index contributed by atoms with van der Waals surface area (Å²) in [7, 11) is 0. The Balaban J connectivity index is 2.10. The van der Waals surface area contributed by atoms with Gasteiger partial charge in [-0.15, -0.1) is 11.6 Å². The summed E-state index contributed by atoms with van der Waals surface area (Å²) in [6.07, 6.45) is -7.08. The van der Waals surface area contributed by atoms with E-state index in [4.69, 9.17) is 21.1 Å². The van der Waals surface area contributed by atoms with E-state index in [1.165, 1.54) is 6.08 Å². The lowest BCUT2D eigenvalue weighted by Crippen LogP contribution is -2.66. The normalized spacial score (nSPS) is 45.3. The largest absolute Gasteiger partial charge is 0.392 e. The lowest BCUT2D eigenvalue weighted by Gasteiger charge is -2.44. The van der Waals surface area contributed by atoms with E-state index in [0.29, 0.717) is 0 Å². The van der Waals surface area contributed by atoms with Gasteiger partial charge in [-0.2, -0.15) is 0 Å². The Morgan fingerprint density at radius 3 is 2.40 bits per heavy atom. The van der Waals surface area contributed by atoms with Crippen LogP contribution in [0.15, 0.2) is 11.6 Å². The zero-order valence-corrected chi connectivity index (χ0v) is 14.5. The number of aliphatic hydroxyl groups excluding tert-OH is 6. The first kappa shape index (κ1) is 21.0. The number of aliphatic hydroxyl groups is 6. The molecule has 0 aromatic carbocycles. The zero-order chi connectivity index (χ0) is 18.7. The average Bonchev–Trinajstić information content (AvgIpc) is 2.60. The first-order valence-corrected chi connectivity index (χ1v) is 8.66. The molecule has 0 amide bonds. The Bertz CT molecular complexity index is 467. The van der Waals surface area contributed by atoms with Crippen LogP contribution in [0.4, 0.5) is 0 Å². The van der Waals surface area contributed by atoms with Crippen LogP contribution in [0, 0.1) is 0 Å². The second-order valence-corrected chi connectivity index (χ2v) is 6.67. The van der Waals surface area contributed by atoms with Crippen molar-refractivity contribution in [3.63, 3.8) is 0 Å². The van der Waals surface area contributed by atoms with Crippen molar-refractivity contribution in [3.05, 3.63) is 11.6 Å². The highest BCUT2D eigenvalue weighted by Gasteiger charge is 2.46. The molecule has 7 N–H and O–H groups in total. The predicted molar refractivity (Wildman–Crippen MR) is 86.9 cm³/mol. The topological polar surface area (TPSA) is 152 Å². The monoisotopic (exact) mass is 383 g/mol. The third kappa shape index (κ3) is 4.51. The molecule has 1 fully saturated rings. The first-order chi connectivity index (χ1) is 11.8. The molecule has 0 aromatic rings. The van der Waals surface area contributed by atoms with Gasteiger partial charge in [0.1, 0.15) is 30.5 Å². The zero-order valence-electron chi connectivity index (χ0n) is 13.8. The Kier molecular flexibility index (Phi) is 7.59. The number of ether oxygens (including phenoxy) is 2. The van der Waals surface area contributed by atoms with Gasteiger partial charge in [0.25, 0.3) is 0 Å². The van der Waals surface area contributed by atoms with E-state index in [0.717, 1.165) is 0 Å². The van der Waals surface area contributed by atoms with Crippen molar-refractivity contribution in [3.8, 4) is 0 Å². The molecular formula is C15H26ClNO8. The van der Waals surface area contributed by atoms with E-state index in [9.17, 15) is 30.6 Å². The van der Waals surface area contributed by atoms with Gasteiger partial charge in [0, 0.05) is 5.88 Å². The quantitative estimate of drug-likeness (QED) is 0.188. The molecule has 1 aliphatic carbocycles. The number of rotatable bonds is 6. The summed E-state index contributed by atoms with van der Waals surface area (Å²) in [4.78, 5) is 0. The van der Waals surface area contributed by atoms with Crippen molar-refractivity contribution in [2.24, 2.45) is 0 Å². The lowest BCUT2D eigenvalue weighted by molar-refractivity contribution is -0.271. The second kappa shape index (κ2) is 9.05. The van der Waals surface area contributed by atoms with Crippen LogP contribution in [0.2, 0.25) is 0 Å². The highest BCUT2D eigenvalue weighted by molar-refractivity contribution is 6.17. The van der Waals surface area contributed by atoms with Gasteiger partial charge in [-0.25, -0.2) is 0 Å². The summed E-state index contributed by atoms with van der Waals surface area (Å²) >= 11 is 5.53. The van der Waals surface area contributed by atoms with Gasteiger partial charge in [0.15, 0.2) is 6.29 Å². The highest BCUT2D eigenvalue weighted by atomic mass is 35.5. The summed E-state index contributed by atoms with van der Waals surface area (Å²) in [5.74, 6) is 0.210. The average molecular weight is 384 g/mol. The fourth-order valence-electron chi connectivity index (χ4n) is 3.12. The molecule has 10 heteroatoms. The number of alkyl halides is 1. The van der Waals surface area contributed by atoms with Crippen LogP contribution in [0.1, 0.15) is 6.92 Å². The molecule has 0 bridgehead atoms. The van der Waals surface area contributed by atoms with E-state index in [2.05, 4.69) is 5.32 Å². The molecule has 0 saturated carbocycles. The van der Waals surface area contributed by atoms with E-state index >= 15 is 0 Å². The Morgan fingerprint density at radius 1 is 1.12 bits per heavy atom. The van der Waals surface area contributed by atoms with Crippen molar-refractivity contribution in [1.82, 2.24) is 5.32 Å². The fraction of sp³-hybridized carbons (Fsp3) is 0.867. The number of nitrogens with one attached hydrogen (secondary N) is 1. The van der Waals surface area contributed by atoms with E-state index < -0.39 is 61.6 Å². The van der Waals surface area contributed by atoms with Crippen molar-refractivity contribution in [1.29, 1.82) is 0 Å². The van der Waals surface area contributed by atoms with Gasteiger partial charge in [-0.1, -0.05) is 6.08 Å². The Labute approximate surface area is 150 Å². The highest BCUT2D eigenvalue weighted by Crippen LogP contribution is 2.25. The molecule has 2 aliphatic rings. The Hall–Kier alpha value is -0.330. The summed E-state index contributed by atoms with van der Waals surface area (Å²) < 4.78 is 10.8. The van der Waals surface area contributed by atoms with Crippen LogP contribution >= 0.6 is 11.6 Å². The summed E-state index contributed by atoms with van der Waals surface area (Å²) in [6.45, 7) is 1.31. The lowest BCUT2D eigenvalue weighted by atomic mass is 9.86. The number of halogens is 1. The molecule has 9 nitrogen and oxygen atoms in total. The van der Waals surface area contributed by atoms with Crippen molar-refractivity contribution in [2.75, 3.05) is 19.1 Å². The van der Waals surface area contributed by atoms with Gasteiger partial charge in [-0.05, 0) is 12.5 Å². The summed E-state index contributed by atoms with van der Waals surface area (Å²) in [5.41, 5.74) is 0.151. The second-order valence-electron chi connectivity index (χ2n) is 6.29. The van der Waals surface area contributed by atoms with Gasteiger partial charge in [-0.3, -0.25) is 0 Å². The van der Waals surface area contributed by atoms with Crippen LogP contribution < -0.4 is 5.32 Å². The standard InChI is InChI=1S/C15H26ClNO8/c1-6-9(12(21)14(23)15(25-6)24-3-2-16)17-8-4-7(5-18)10(19)13(22)11(8)20/h4,6,8-15,17-23H,2-3,5H2,1H3. The molecule has 25 heavy (non-hydrogen) atoms. The molecule has 0 spiro atoms. The maximum Gasteiger partial charge on any atom is 0.186 e. The maximum absolute atomic E-state index is 10.4. The third-order valence-corrected chi connectivity index (χ3v) is 4.75. The van der Waals surface area contributed by atoms with Gasteiger partial charge in [0.2, 0.25) is 0 Å². The van der Waals surface area contributed by atoms with Crippen molar-refractivity contribution >= 4 is 11.6 Å². The van der Waals surface area contributed by atoms with E-state index in [1.54, 1.807) is 6.92 Å². The molecule has 9 atom stereocenters. The minimum absolute atomic E-state index is 0.148. The predicted octanol–water partition coefficient (Wildman–Crippen LogP) is -2.95. The molecule has 1 aliphatic heterocycles. The molecule has 0 aromatic heterocycles. The molecule has 9 unspecified atom stereocenters. The van der Waals surface area contributed by atoms with E-state index in [-0.39, 0.29) is 18.1 Å². The number of hydrogen-bond acceptors (Lipinski definition) is 9. The van der Waals surface area contributed by atoms with Crippen molar-refractivity contribution in [2.45, 2.75) is 61.9 Å². The molecule has 2 rings (SSSR count). The van der Waals surface area contributed by atoms with E-state index in [1.807, 2.05) is 0 Å². The van der Waals surface area contributed by atoms with Crippen LogP contribution in [0.25, 0.3) is 0 Å². The van der Waals surface area contributed by atoms with Crippen LogP contribution in [-0.2, 0) is 9.47 Å². The SMILES string of the molecule is CC1OC(OCCCl)C(O)C(O)C1NC1C=C(CO)C(O)C(O)C1O. The van der Waals surface area contributed by atoms with Gasteiger partial charge >= 0.3 is 0 Å². The molecule has 1 heterocycles. The van der Waals surface area contributed by atoms with Gasteiger partial charge in [0.05, 0.1) is 31.4 Å². The number of hydrogen-bond donors (Lipinski definition) is 7. The summed E-state index contributed by atoms with van der Waals surface area (Å²) in [6, 6.07) is -1.65. The minimum atomic E-state index is -1.49. The first-order valence-electron chi connectivity index (χ1n) is 8.12. The van der Waals surface area contributed by atoms with Crippen LogP contribution in [-0.4, -0.2) is 105 Å². The van der Waals surface area contributed by atoms with Gasteiger partial charge < -0.3 is 45.4 Å². The molecule has 0 radical (unpaired) electrons. The molecule has 1 saturated heterocycles. The van der Waals surface area contributed by atoms with Crippen LogP contribution in [0.3, 0.4) is 0 Å². The third-order valence-electron chi connectivity index (χ3n) is 4.59.